The van der Waals surface area contributed by atoms with E-state index in [2.05, 4.69) is 6.58 Å². The lowest BCUT2D eigenvalue weighted by molar-refractivity contribution is -0.150. The summed E-state index contributed by atoms with van der Waals surface area (Å²) < 4.78 is 9.87. The molecule has 0 atom stereocenters. The van der Waals surface area contributed by atoms with E-state index in [1.165, 1.54) is 7.11 Å². The molecule has 3 nitrogen and oxygen atoms in total. The fourth-order valence-corrected chi connectivity index (χ4v) is 1.29. The molecule has 15 heavy (non-hydrogen) atoms. The smallest absolute Gasteiger partial charge is 0.311 e. The maximum atomic E-state index is 11.4. The maximum Gasteiger partial charge on any atom is 0.311 e. The predicted molar refractivity (Wildman–Crippen MR) is 60.1 cm³/mol. The molecule has 0 rings (SSSR count). The minimum absolute atomic E-state index is 0.217. The zero-order valence-corrected chi connectivity index (χ0v) is 10.2. The largest absolute Gasteiger partial charge is 0.470 e. The van der Waals surface area contributed by atoms with Gasteiger partial charge in [0.15, 0.2) is 0 Å². The molecule has 0 fully saturated rings. The summed E-state index contributed by atoms with van der Waals surface area (Å²) in [5.74, 6) is 0.413. The van der Waals surface area contributed by atoms with Gasteiger partial charge in [-0.15, -0.1) is 0 Å². The SMILES string of the molecule is C=C(C)O/C=C(\C)CC(C)(C)C(=O)OC. The highest BCUT2D eigenvalue weighted by Gasteiger charge is 2.28. The molecule has 0 amide bonds. The van der Waals surface area contributed by atoms with Gasteiger partial charge in [0.1, 0.15) is 0 Å². The summed E-state index contributed by atoms with van der Waals surface area (Å²) in [6.07, 6.45) is 2.22. The Kier molecular flexibility index (Phi) is 5.12. The monoisotopic (exact) mass is 212 g/mol. The van der Waals surface area contributed by atoms with Crippen LogP contribution in [0.25, 0.3) is 0 Å². The second kappa shape index (κ2) is 5.59. The number of carbonyl (C=O) groups is 1. The van der Waals surface area contributed by atoms with Crippen molar-refractivity contribution in [1.29, 1.82) is 0 Å². The van der Waals surface area contributed by atoms with Crippen molar-refractivity contribution < 1.29 is 14.3 Å². The van der Waals surface area contributed by atoms with Gasteiger partial charge in [-0.05, 0) is 39.7 Å². The van der Waals surface area contributed by atoms with Crippen LogP contribution in [0.2, 0.25) is 0 Å². The van der Waals surface area contributed by atoms with Crippen molar-refractivity contribution >= 4 is 5.97 Å². The Morgan fingerprint density at radius 1 is 1.40 bits per heavy atom. The Balaban J connectivity index is 4.39. The quantitative estimate of drug-likeness (QED) is 0.519. The first-order valence-corrected chi connectivity index (χ1v) is 4.86. The van der Waals surface area contributed by atoms with Gasteiger partial charge in [0.05, 0.1) is 24.5 Å². The van der Waals surface area contributed by atoms with E-state index >= 15 is 0 Å². The van der Waals surface area contributed by atoms with Gasteiger partial charge in [0.2, 0.25) is 0 Å². The first-order chi connectivity index (χ1) is 6.79. The molecule has 0 aromatic heterocycles. The van der Waals surface area contributed by atoms with Crippen LogP contribution >= 0.6 is 0 Å². The van der Waals surface area contributed by atoms with E-state index in [4.69, 9.17) is 9.47 Å². The number of hydrogen-bond acceptors (Lipinski definition) is 3. The average Bonchev–Trinajstić information content (AvgIpc) is 2.12. The molecule has 3 heteroatoms. The van der Waals surface area contributed by atoms with E-state index in [1.807, 2.05) is 20.8 Å². The molecule has 0 aromatic carbocycles. The van der Waals surface area contributed by atoms with Crippen LogP contribution in [-0.2, 0) is 14.3 Å². The Morgan fingerprint density at radius 2 is 1.93 bits per heavy atom. The number of hydrogen-bond donors (Lipinski definition) is 0. The minimum Gasteiger partial charge on any atom is -0.470 e. The van der Waals surface area contributed by atoms with Gasteiger partial charge >= 0.3 is 5.97 Å². The van der Waals surface area contributed by atoms with Crippen molar-refractivity contribution in [3.63, 3.8) is 0 Å². The first-order valence-electron chi connectivity index (χ1n) is 4.86. The number of esters is 1. The Morgan fingerprint density at radius 3 is 2.33 bits per heavy atom. The van der Waals surface area contributed by atoms with Crippen molar-refractivity contribution in [2.24, 2.45) is 5.41 Å². The fraction of sp³-hybridized carbons (Fsp3) is 0.583. The molecular weight excluding hydrogens is 192 g/mol. The number of ether oxygens (including phenoxy) is 2. The highest BCUT2D eigenvalue weighted by Crippen LogP contribution is 2.26. The van der Waals surface area contributed by atoms with Gasteiger partial charge < -0.3 is 9.47 Å². The summed E-state index contributed by atoms with van der Waals surface area (Å²) in [5, 5.41) is 0. The van der Waals surface area contributed by atoms with Gasteiger partial charge in [-0.3, -0.25) is 4.79 Å². The van der Waals surface area contributed by atoms with E-state index in [1.54, 1.807) is 13.2 Å². The average molecular weight is 212 g/mol. The molecule has 0 N–H and O–H groups in total. The molecule has 0 aliphatic heterocycles. The molecule has 0 saturated heterocycles. The summed E-state index contributed by atoms with van der Waals surface area (Å²) in [6, 6.07) is 0. The molecule has 0 aliphatic rings. The van der Waals surface area contributed by atoms with Gasteiger partial charge in [0.25, 0.3) is 0 Å². The second-order valence-corrected chi connectivity index (χ2v) is 4.34. The Labute approximate surface area is 91.8 Å². The van der Waals surface area contributed by atoms with E-state index < -0.39 is 5.41 Å². The molecule has 86 valence electrons. The van der Waals surface area contributed by atoms with E-state index in [0.29, 0.717) is 12.2 Å². The summed E-state index contributed by atoms with van der Waals surface area (Å²) in [7, 11) is 1.40. The lowest BCUT2D eigenvalue weighted by atomic mass is 9.86. The summed E-state index contributed by atoms with van der Waals surface area (Å²) >= 11 is 0. The van der Waals surface area contributed by atoms with Crippen LogP contribution in [-0.4, -0.2) is 13.1 Å². The lowest BCUT2D eigenvalue weighted by Gasteiger charge is -2.21. The molecular formula is C12H20O3. The van der Waals surface area contributed by atoms with E-state index in [0.717, 1.165) is 5.57 Å². The Bertz CT molecular complexity index is 275. The summed E-state index contributed by atoms with van der Waals surface area (Å²) in [5.41, 5.74) is 0.460. The number of methoxy groups -OCH3 is 1. The third-order valence-electron chi connectivity index (χ3n) is 1.92. The zero-order valence-electron chi connectivity index (χ0n) is 10.2. The van der Waals surface area contributed by atoms with Gasteiger partial charge in [-0.25, -0.2) is 0 Å². The van der Waals surface area contributed by atoms with Crippen LogP contribution in [0.5, 0.6) is 0 Å². The van der Waals surface area contributed by atoms with Crippen LogP contribution in [0.1, 0.15) is 34.1 Å². The van der Waals surface area contributed by atoms with Crippen LogP contribution in [0.4, 0.5) is 0 Å². The summed E-state index contributed by atoms with van der Waals surface area (Å²) in [6.45, 7) is 11.0. The highest BCUT2D eigenvalue weighted by atomic mass is 16.5. The minimum atomic E-state index is -0.520. The molecule has 0 heterocycles. The van der Waals surface area contributed by atoms with Crippen molar-refractivity contribution in [3.8, 4) is 0 Å². The van der Waals surface area contributed by atoms with Crippen LogP contribution in [0.15, 0.2) is 24.2 Å². The third kappa shape index (κ3) is 5.25. The standard InChI is InChI=1S/C12H20O3/c1-9(2)15-8-10(3)7-12(4,5)11(13)14-6/h8H,1,7H2,2-6H3/b10-8+. The molecule has 0 spiro atoms. The molecule has 0 saturated carbocycles. The van der Waals surface area contributed by atoms with Gasteiger partial charge in [-0.2, -0.15) is 0 Å². The number of allylic oxidation sites excluding steroid dienone is 2. The van der Waals surface area contributed by atoms with Gasteiger partial charge in [0, 0.05) is 0 Å². The summed E-state index contributed by atoms with van der Waals surface area (Å²) in [4.78, 5) is 11.4. The topological polar surface area (TPSA) is 35.5 Å². The Hall–Kier alpha value is -1.25. The third-order valence-corrected chi connectivity index (χ3v) is 1.92. The first kappa shape index (κ1) is 13.8. The van der Waals surface area contributed by atoms with Crippen molar-refractivity contribution in [2.45, 2.75) is 34.1 Å². The zero-order chi connectivity index (χ0) is 12.1. The van der Waals surface area contributed by atoms with Crippen LogP contribution in [0, 0.1) is 5.41 Å². The van der Waals surface area contributed by atoms with E-state index in [9.17, 15) is 4.79 Å². The van der Waals surface area contributed by atoms with Crippen molar-refractivity contribution in [3.05, 3.63) is 24.2 Å². The molecule has 0 aliphatic carbocycles. The molecule has 0 unspecified atom stereocenters. The normalized spacial score (nSPS) is 12.2. The lowest BCUT2D eigenvalue weighted by Crippen LogP contribution is -2.25. The predicted octanol–water partition coefficient (Wildman–Crippen LogP) is 3.03. The van der Waals surface area contributed by atoms with Crippen LogP contribution < -0.4 is 0 Å². The number of carbonyl (C=O) groups excluding carboxylic acids is 1. The molecule has 0 radical (unpaired) electrons. The van der Waals surface area contributed by atoms with Gasteiger partial charge in [-0.1, -0.05) is 6.58 Å². The fourth-order valence-electron chi connectivity index (χ4n) is 1.29. The van der Waals surface area contributed by atoms with Crippen molar-refractivity contribution in [2.75, 3.05) is 7.11 Å². The highest BCUT2D eigenvalue weighted by molar-refractivity contribution is 5.76. The van der Waals surface area contributed by atoms with Crippen LogP contribution in [0.3, 0.4) is 0 Å². The number of rotatable bonds is 5. The van der Waals surface area contributed by atoms with E-state index in [-0.39, 0.29) is 5.97 Å². The molecule has 0 bridgehead atoms. The van der Waals surface area contributed by atoms with Crippen molar-refractivity contribution in [1.82, 2.24) is 0 Å². The second-order valence-electron chi connectivity index (χ2n) is 4.34. The maximum absolute atomic E-state index is 11.4. The molecule has 0 aromatic rings.